The van der Waals surface area contributed by atoms with Crippen LogP contribution in [0.25, 0.3) is 0 Å². The fourth-order valence-electron chi connectivity index (χ4n) is 1.97. The minimum Gasteiger partial charge on any atom is -0.492 e. The quantitative estimate of drug-likeness (QED) is 0.715. The van der Waals surface area contributed by atoms with Gasteiger partial charge in [-0.25, -0.2) is 4.79 Å². The Labute approximate surface area is 154 Å². The summed E-state index contributed by atoms with van der Waals surface area (Å²) in [5.41, 5.74) is 0. The van der Waals surface area contributed by atoms with E-state index in [1.54, 1.807) is 23.1 Å². The smallest absolute Gasteiger partial charge is 0.317 e. The summed E-state index contributed by atoms with van der Waals surface area (Å²) in [6.07, 6.45) is 0.893. The number of benzene rings is 1. The number of rotatable bonds is 9. The van der Waals surface area contributed by atoms with Crippen LogP contribution >= 0.6 is 23.2 Å². The van der Waals surface area contributed by atoms with Gasteiger partial charge in [-0.3, -0.25) is 0 Å². The zero-order valence-corrected chi connectivity index (χ0v) is 16.0. The lowest BCUT2D eigenvalue weighted by molar-refractivity contribution is 0.181. The van der Waals surface area contributed by atoms with Crippen molar-refractivity contribution < 1.29 is 15.0 Å². The lowest BCUT2D eigenvalue weighted by Crippen LogP contribution is -2.44. The second-order valence-electron chi connectivity index (χ2n) is 5.48. The van der Waals surface area contributed by atoms with Gasteiger partial charge in [-0.2, -0.15) is 0 Å². The summed E-state index contributed by atoms with van der Waals surface area (Å²) < 4.78 is 5.64. The molecule has 0 bridgehead atoms. The monoisotopic (exact) mass is 379 g/mol. The van der Waals surface area contributed by atoms with Gasteiger partial charge in [0.2, 0.25) is 0 Å². The molecule has 0 aliphatic carbocycles. The standard InChI is InChI=1S/C16H25Cl2N3O2.H2O/c1-4-6-21(16(22)19-5-7-20(2)3)8-9-23-15-11-13(17)10-14(18)12-15;/h10-12H,4-9H2,1-3H3,(H,19,22);1H2. The van der Waals surface area contributed by atoms with Crippen molar-refractivity contribution in [3.63, 3.8) is 0 Å². The average molecular weight is 380 g/mol. The van der Waals surface area contributed by atoms with Crippen molar-refractivity contribution in [3.05, 3.63) is 28.2 Å². The van der Waals surface area contributed by atoms with E-state index in [0.29, 0.717) is 42.0 Å². The van der Waals surface area contributed by atoms with Gasteiger partial charge in [-0.15, -0.1) is 0 Å². The van der Waals surface area contributed by atoms with E-state index in [1.807, 2.05) is 25.9 Å². The zero-order chi connectivity index (χ0) is 17.2. The van der Waals surface area contributed by atoms with E-state index in [4.69, 9.17) is 27.9 Å². The van der Waals surface area contributed by atoms with Crippen LogP contribution < -0.4 is 10.1 Å². The minimum atomic E-state index is -0.0681. The second kappa shape index (κ2) is 12.2. The van der Waals surface area contributed by atoms with Crippen molar-refractivity contribution in [1.29, 1.82) is 0 Å². The predicted octanol–water partition coefficient (Wildman–Crippen LogP) is 2.53. The van der Waals surface area contributed by atoms with Crippen LogP contribution in [0.5, 0.6) is 5.75 Å². The van der Waals surface area contributed by atoms with E-state index in [0.717, 1.165) is 13.0 Å². The Bertz CT molecular complexity index is 481. The summed E-state index contributed by atoms with van der Waals surface area (Å²) in [7, 11) is 3.94. The predicted molar refractivity (Wildman–Crippen MR) is 99.4 cm³/mol. The van der Waals surface area contributed by atoms with Gasteiger partial charge in [0.25, 0.3) is 0 Å². The highest BCUT2D eigenvalue weighted by molar-refractivity contribution is 6.34. The molecule has 3 N–H and O–H groups in total. The van der Waals surface area contributed by atoms with Gasteiger partial charge in [0.15, 0.2) is 0 Å². The molecule has 0 saturated heterocycles. The molecule has 0 atom stereocenters. The maximum absolute atomic E-state index is 12.2. The lowest BCUT2D eigenvalue weighted by Gasteiger charge is -2.23. The fourth-order valence-corrected chi connectivity index (χ4v) is 2.47. The molecule has 2 amide bonds. The van der Waals surface area contributed by atoms with Crippen molar-refractivity contribution in [2.75, 3.05) is 46.9 Å². The molecule has 24 heavy (non-hydrogen) atoms. The third-order valence-corrected chi connectivity index (χ3v) is 3.52. The van der Waals surface area contributed by atoms with E-state index in [9.17, 15) is 4.79 Å². The molecule has 8 heteroatoms. The van der Waals surface area contributed by atoms with Crippen LogP contribution in [0, 0.1) is 0 Å². The molecule has 0 unspecified atom stereocenters. The number of nitrogens with zero attached hydrogens (tertiary/aromatic N) is 2. The van der Waals surface area contributed by atoms with Crippen molar-refractivity contribution >= 4 is 29.2 Å². The third-order valence-electron chi connectivity index (χ3n) is 3.08. The maximum atomic E-state index is 12.2. The molecular weight excluding hydrogens is 353 g/mol. The first-order chi connectivity index (χ1) is 10.9. The molecule has 1 aromatic rings. The molecule has 0 fully saturated rings. The molecule has 1 rings (SSSR count). The van der Waals surface area contributed by atoms with E-state index in [1.165, 1.54) is 0 Å². The Morgan fingerprint density at radius 3 is 2.29 bits per heavy atom. The molecule has 138 valence electrons. The van der Waals surface area contributed by atoms with Crippen molar-refractivity contribution in [2.45, 2.75) is 13.3 Å². The van der Waals surface area contributed by atoms with Crippen LogP contribution in [0.2, 0.25) is 10.0 Å². The Balaban J connectivity index is 0.00000529. The van der Waals surface area contributed by atoms with Gasteiger partial charge >= 0.3 is 6.03 Å². The number of hydrogen-bond donors (Lipinski definition) is 1. The first-order valence-electron chi connectivity index (χ1n) is 7.68. The van der Waals surface area contributed by atoms with E-state index in [-0.39, 0.29) is 11.5 Å². The van der Waals surface area contributed by atoms with E-state index < -0.39 is 0 Å². The number of halogens is 2. The summed E-state index contributed by atoms with van der Waals surface area (Å²) in [6.45, 7) is 5.05. The van der Waals surface area contributed by atoms with Gasteiger partial charge in [0.1, 0.15) is 12.4 Å². The number of amides is 2. The summed E-state index contributed by atoms with van der Waals surface area (Å²) in [5, 5.41) is 3.97. The topological polar surface area (TPSA) is 76.3 Å². The SMILES string of the molecule is CCCN(CCOc1cc(Cl)cc(Cl)c1)C(=O)NCCN(C)C.O. The van der Waals surface area contributed by atoms with Gasteiger partial charge in [-0.1, -0.05) is 30.1 Å². The van der Waals surface area contributed by atoms with Gasteiger partial charge in [0.05, 0.1) is 6.54 Å². The highest BCUT2D eigenvalue weighted by atomic mass is 35.5. The molecule has 0 aromatic heterocycles. The molecule has 1 aromatic carbocycles. The van der Waals surface area contributed by atoms with Crippen molar-refractivity contribution in [1.82, 2.24) is 15.1 Å². The van der Waals surface area contributed by atoms with Gasteiger partial charge in [0, 0.05) is 29.7 Å². The maximum Gasteiger partial charge on any atom is 0.317 e. The second-order valence-corrected chi connectivity index (χ2v) is 6.35. The van der Waals surface area contributed by atoms with Gasteiger partial charge in [-0.05, 0) is 38.7 Å². The minimum absolute atomic E-state index is 0. The number of likely N-dealkylation sites (N-methyl/N-ethyl adjacent to an activating group) is 1. The molecule has 0 spiro atoms. The summed E-state index contributed by atoms with van der Waals surface area (Å²) in [5.74, 6) is 0.604. The van der Waals surface area contributed by atoms with Gasteiger partial charge < -0.3 is 25.3 Å². The van der Waals surface area contributed by atoms with E-state index >= 15 is 0 Å². The Kier molecular flexibility index (Phi) is 11.6. The highest BCUT2D eigenvalue weighted by Crippen LogP contribution is 2.24. The van der Waals surface area contributed by atoms with E-state index in [2.05, 4.69) is 5.32 Å². The van der Waals surface area contributed by atoms with Crippen LogP contribution in [0.3, 0.4) is 0 Å². The summed E-state index contributed by atoms with van der Waals surface area (Å²) in [6, 6.07) is 4.99. The van der Waals surface area contributed by atoms with Crippen LogP contribution in [-0.4, -0.2) is 68.2 Å². The summed E-state index contributed by atoms with van der Waals surface area (Å²) in [4.78, 5) is 15.9. The molecule has 0 radical (unpaired) electrons. The Morgan fingerprint density at radius 2 is 1.75 bits per heavy atom. The number of carbonyl (C=O) groups is 1. The molecular formula is C16H27Cl2N3O3. The number of ether oxygens (including phenoxy) is 1. The van der Waals surface area contributed by atoms with Crippen LogP contribution in [0.15, 0.2) is 18.2 Å². The molecule has 0 heterocycles. The Morgan fingerprint density at radius 1 is 1.12 bits per heavy atom. The van der Waals surface area contributed by atoms with Crippen molar-refractivity contribution in [3.8, 4) is 5.75 Å². The number of nitrogens with one attached hydrogen (secondary N) is 1. The summed E-state index contributed by atoms with van der Waals surface area (Å²) >= 11 is 11.9. The molecule has 6 nitrogen and oxygen atoms in total. The number of hydrogen-bond acceptors (Lipinski definition) is 3. The lowest BCUT2D eigenvalue weighted by atomic mass is 10.3. The zero-order valence-electron chi connectivity index (χ0n) is 14.4. The van der Waals surface area contributed by atoms with Crippen LogP contribution in [0.4, 0.5) is 4.79 Å². The highest BCUT2D eigenvalue weighted by Gasteiger charge is 2.12. The first kappa shape index (κ1) is 22.8. The first-order valence-corrected chi connectivity index (χ1v) is 8.44. The van der Waals surface area contributed by atoms with Crippen LogP contribution in [-0.2, 0) is 0 Å². The molecule has 0 aliphatic heterocycles. The molecule has 0 aliphatic rings. The molecule has 0 saturated carbocycles. The van der Waals surface area contributed by atoms with Crippen molar-refractivity contribution in [2.24, 2.45) is 0 Å². The number of carbonyl (C=O) groups excluding carboxylic acids is 1. The third kappa shape index (κ3) is 9.17. The fraction of sp³-hybridized carbons (Fsp3) is 0.562. The normalized spacial score (nSPS) is 10.2. The average Bonchev–Trinajstić information content (AvgIpc) is 2.44. The largest absolute Gasteiger partial charge is 0.492 e. The van der Waals surface area contributed by atoms with Crippen LogP contribution in [0.1, 0.15) is 13.3 Å². The number of urea groups is 1. The Hall–Kier alpha value is -1.21.